The number of pyridine rings is 1. The summed E-state index contributed by atoms with van der Waals surface area (Å²) < 4.78 is 56.2. The van der Waals surface area contributed by atoms with Gasteiger partial charge in [-0.3, -0.25) is 4.98 Å². The number of halogens is 5. The zero-order valence-electron chi connectivity index (χ0n) is 11.0. The second-order valence-electron chi connectivity index (χ2n) is 4.05. The van der Waals surface area contributed by atoms with E-state index in [9.17, 15) is 17.3 Å². The van der Waals surface area contributed by atoms with Crippen LogP contribution < -0.4 is 61.6 Å². The van der Waals surface area contributed by atoms with E-state index >= 15 is 0 Å². The quantitative estimate of drug-likeness (QED) is 0.596. The molecule has 0 aliphatic heterocycles. The second-order valence-corrected chi connectivity index (χ2v) is 4.49. The first-order chi connectivity index (χ1) is 9.36. The molecule has 2 nitrogen and oxygen atoms in total. The Hall–Kier alpha value is -0.119. The van der Waals surface area contributed by atoms with Crippen molar-refractivity contribution in [1.29, 1.82) is 0 Å². The van der Waals surface area contributed by atoms with Gasteiger partial charge in [0.15, 0.2) is 0 Å². The largest absolute Gasteiger partial charge is 1.00 e. The Morgan fingerprint density at radius 3 is 2.48 bits per heavy atom. The summed E-state index contributed by atoms with van der Waals surface area (Å²) in [6.07, 6.45) is 1.86. The molecule has 0 radical (unpaired) electrons. The Morgan fingerprint density at radius 1 is 1.14 bits per heavy atom. The van der Waals surface area contributed by atoms with Crippen LogP contribution in [0.1, 0.15) is 5.56 Å². The smallest absolute Gasteiger partial charge is 0.487 e. The van der Waals surface area contributed by atoms with Crippen molar-refractivity contribution in [2.24, 2.45) is 0 Å². The maximum Gasteiger partial charge on any atom is 1.00 e. The molecule has 0 amide bonds. The monoisotopic (exact) mass is 343 g/mol. The van der Waals surface area contributed by atoms with Gasteiger partial charge >= 0.3 is 58.4 Å². The molecule has 106 valence electrons. The molecule has 0 fully saturated rings. The van der Waals surface area contributed by atoms with Crippen molar-refractivity contribution < 1.29 is 73.5 Å². The minimum Gasteiger partial charge on any atom is -0.487 e. The first-order valence-electron chi connectivity index (χ1n) is 5.58. The fourth-order valence-corrected chi connectivity index (χ4v) is 1.65. The van der Waals surface area contributed by atoms with Crippen LogP contribution in [0.15, 0.2) is 36.7 Å². The van der Waals surface area contributed by atoms with E-state index in [-0.39, 0.29) is 74.3 Å². The van der Waals surface area contributed by atoms with Crippen molar-refractivity contribution in [1.82, 2.24) is 4.98 Å². The summed E-state index contributed by atoms with van der Waals surface area (Å²) in [5, 5.41) is 0.231. The fraction of sp³-hybridized carbons (Fsp3) is 0.0833. The number of rotatable bonds is 4. The van der Waals surface area contributed by atoms with Crippen LogP contribution >= 0.6 is 11.6 Å². The molecule has 0 saturated heterocycles. The van der Waals surface area contributed by atoms with Gasteiger partial charge in [0, 0.05) is 16.8 Å². The van der Waals surface area contributed by atoms with Gasteiger partial charge in [0.05, 0.1) is 6.20 Å². The molecule has 0 bridgehead atoms. The van der Waals surface area contributed by atoms with Gasteiger partial charge in [0.25, 0.3) is 0 Å². The van der Waals surface area contributed by atoms with E-state index in [0.717, 1.165) is 24.5 Å². The zero-order chi connectivity index (χ0) is 14.8. The van der Waals surface area contributed by atoms with E-state index in [0.29, 0.717) is 0 Å². The third kappa shape index (κ3) is 5.54. The van der Waals surface area contributed by atoms with E-state index in [2.05, 4.69) is 4.98 Å². The molecule has 0 aliphatic carbocycles. The van der Waals surface area contributed by atoms with Gasteiger partial charge in [-0.15, -0.1) is 0 Å². The van der Waals surface area contributed by atoms with Crippen LogP contribution in [0.4, 0.5) is 17.3 Å². The van der Waals surface area contributed by atoms with Gasteiger partial charge in [-0.05, 0) is 18.2 Å². The van der Waals surface area contributed by atoms with Crippen molar-refractivity contribution in [2.45, 2.75) is 6.61 Å². The Labute approximate surface area is 166 Å². The molecule has 1 aromatic heterocycles. The van der Waals surface area contributed by atoms with Crippen LogP contribution in [0.2, 0.25) is 5.02 Å². The summed E-state index contributed by atoms with van der Waals surface area (Å²) in [7, 11) is 0. The summed E-state index contributed by atoms with van der Waals surface area (Å²) in [4.78, 5) is 3.46. The normalized spacial score (nSPS) is 10.9. The van der Waals surface area contributed by atoms with Crippen molar-refractivity contribution in [3.63, 3.8) is 0 Å². The minimum absolute atomic E-state index is 0. The van der Waals surface area contributed by atoms with Crippen molar-refractivity contribution in [3.05, 3.63) is 53.1 Å². The number of ether oxygens (including phenoxy) is 1. The van der Waals surface area contributed by atoms with Gasteiger partial charge in [0.2, 0.25) is 0 Å². The number of hydrogen-bond acceptors (Lipinski definition) is 2. The molecule has 0 N–H and O–H groups in total. The second kappa shape index (κ2) is 7.94. The molecule has 2 rings (SSSR count). The topological polar surface area (TPSA) is 22.1 Å². The third-order valence-corrected chi connectivity index (χ3v) is 2.76. The minimum atomic E-state index is -5.14. The van der Waals surface area contributed by atoms with Gasteiger partial charge in [-0.25, -0.2) is 4.39 Å². The maximum absolute atomic E-state index is 13.5. The molecule has 1 aromatic carbocycles. The van der Waals surface area contributed by atoms with Gasteiger partial charge in [-0.1, -0.05) is 23.1 Å². The van der Waals surface area contributed by atoms with E-state index in [1.54, 1.807) is 0 Å². The summed E-state index contributed by atoms with van der Waals surface area (Å²) in [5.74, 6) is -0.655. The Kier molecular flexibility index (Phi) is 7.16. The molecule has 0 atom stereocenters. The third-order valence-electron chi connectivity index (χ3n) is 2.52. The molecule has 0 unspecified atom stereocenters. The Morgan fingerprint density at radius 2 is 1.86 bits per heavy atom. The maximum atomic E-state index is 13.5. The SMILES string of the molecule is Fc1cc(Cl)ccc1COc1cncc([B-](F)(F)F)c1.[K+]. The van der Waals surface area contributed by atoms with E-state index in [1.165, 1.54) is 12.1 Å². The average Bonchev–Trinajstić information content (AvgIpc) is 2.37. The molecule has 0 aliphatic rings. The zero-order valence-corrected chi connectivity index (χ0v) is 14.9. The summed E-state index contributed by atoms with van der Waals surface area (Å²) in [5.41, 5.74) is -0.670. The van der Waals surface area contributed by atoms with Crippen molar-refractivity contribution in [2.75, 3.05) is 0 Å². The molecule has 21 heavy (non-hydrogen) atoms. The van der Waals surface area contributed by atoms with Crippen LogP contribution in [0.25, 0.3) is 0 Å². The van der Waals surface area contributed by atoms with E-state index < -0.39 is 18.3 Å². The van der Waals surface area contributed by atoms with E-state index in [4.69, 9.17) is 16.3 Å². The number of aromatic nitrogens is 1. The molecule has 0 spiro atoms. The van der Waals surface area contributed by atoms with Crippen LogP contribution in [0, 0.1) is 5.82 Å². The summed E-state index contributed by atoms with van der Waals surface area (Å²) in [6, 6.07) is 4.81. The van der Waals surface area contributed by atoms with Crippen LogP contribution in [0.3, 0.4) is 0 Å². The summed E-state index contributed by atoms with van der Waals surface area (Å²) in [6.45, 7) is -5.35. The first kappa shape index (κ1) is 18.9. The van der Waals surface area contributed by atoms with Crippen LogP contribution in [-0.2, 0) is 6.61 Å². The molecular weight excluding hydrogens is 335 g/mol. The van der Waals surface area contributed by atoms with Crippen molar-refractivity contribution >= 4 is 24.0 Å². The van der Waals surface area contributed by atoms with Gasteiger partial charge < -0.3 is 17.7 Å². The standard InChI is InChI=1S/C12H8BClF4NO.K/c14-10-2-1-8(12(15)4-10)7-20-11-3-9(5-19-6-11)13(16,17)18;/h1-6H,7H2;/q-1;+1. The molecule has 1 heterocycles. The predicted molar refractivity (Wildman–Crippen MR) is 68.7 cm³/mol. The Bertz CT molecular complexity index is 626. The van der Waals surface area contributed by atoms with Crippen molar-refractivity contribution in [3.8, 4) is 5.75 Å². The van der Waals surface area contributed by atoms with Crippen LogP contribution in [-0.4, -0.2) is 12.0 Å². The molecule has 2 aromatic rings. The summed E-state index contributed by atoms with van der Waals surface area (Å²) >= 11 is 5.59. The molecular formula is C12H8BClF4KNO. The number of nitrogens with zero attached hydrogens (tertiary/aromatic N) is 1. The molecule has 9 heteroatoms. The number of hydrogen-bond donors (Lipinski definition) is 0. The van der Waals surface area contributed by atoms with E-state index in [1.807, 2.05) is 0 Å². The fourth-order valence-electron chi connectivity index (χ4n) is 1.49. The van der Waals surface area contributed by atoms with Gasteiger partial charge in [0.1, 0.15) is 18.2 Å². The first-order valence-corrected chi connectivity index (χ1v) is 5.95. The average molecular weight is 344 g/mol. The van der Waals surface area contributed by atoms with Crippen LogP contribution in [0.5, 0.6) is 5.75 Å². The Balaban J connectivity index is 0.00000220. The predicted octanol–water partition coefficient (Wildman–Crippen LogP) is 0.511. The number of benzene rings is 1. The molecule has 0 saturated carbocycles. The van der Waals surface area contributed by atoms with Gasteiger partial charge in [-0.2, -0.15) is 0 Å².